The Morgan fingerprint density at radius 3 is 2.72 bits per heavy atom. The minimum absolute atomic E-state index is 0.00499. The second-order valence-corrected chi connectivity index (χ2v) is 5.66. The van der Waals surface area contributed by atoms with E-state index >= 15 is 0 Å². The molecule has 0 saturated carbocycles. The van der Waals surface area contributed by atoms with E-state index in [4.69, 9.17) is 4.74 Å². The standard InChI is InChI=1S/C19H17NO5/c1-25-17-10-12(6-8-16(17)21)7-9-18(22)20-14-5-3-2-4-13(14)11-15(20)19(23)24/h2-10,15,21H,11H2,1H3,(H,23,24). The average Bonchev–Trinajstić information content (AvgIpc) is 3.00. The topological polar surface area (TPSA) is 87.1 Å². The molecule has 0 saturated heterocycles. The summed E-state index contributed by atoms with van der Waals surface area (Å²) < 4.78 is 5.03. The Hall–Kier alpha value is -3.28. The summed E-state index contributed by atoms with van der Waals surface area (Å²) in [5, 5.41) is 19.0. The zero-order valence-electron chi connectivity index (χ0n) is 13.5. The predicted molar refractivity (Wildman–Crippen MR) is 92.7 cm³/mol. The van der Waals surface area contributed by atoms with Gasteiger partial charge in [-0.25, -0.2) is 4.79 Å². The number of aromatic hydroxyl groups is 1. The van der Waals surface area contributed by atoms with Crippen molar-refractivity contribution in [3.05, 3.63) is 59.7 Å². The Balaban J connectivity index is 1.87. The Labute approximate surface area is 144 Å². The molecule has 0 fully saturated rings. The van der Waals surface area contributed by atoms with E-state index in [9.17, 15) is 19.8 Å². The van der Waals surface area contributed by atoms with Crippen molar-refractivity contribution in [2.45, 2.75) is 12.5 Å². The third kappa shape index (κ3) is 3.19. The number of ether oxygens (including phenoxy) is 1. The Morgan fingerprint density at radius 1 is 1.24 bits per heavy atom. The lowest BCUT2D eigenvalue weighted by molar-refractivity contribution is -0.139. The fourth-order valence-electron chi connectivity index (χ4n) is 2.90. The fraction of sp³-hybridized carbons (Fsp3) is 0.158. The summed E-state index contributed by atoms with van der Waals surface area (Å²) in [6, 6.07) is 10.9. The third-order valence-corrected chi connectivity index (χ3v) is 4.12. The second kappa shape index (κ2) is 6.68. The van der Waals surface area contributed by atoms with Crippen molar-refractivity contribution in [3.8, 4) is 11.5 Å². The number of para-hydroxylation sites is 1. The van der Waals surface area contributed by atoms with Crippen LogP contribution >= 0.6 is 0 Å². The fourth-order valence-corrected chi connectivity index (χ4v) is 2.90. The number of nitrogens with zero attached hydrogens (tertiary/aromatic N) is 1. The van der Waals surface area contributed by atoms with Crippen molar-refractivity contribution >= 4 is 23.6 Å². The van der Waals surface area contributed by atoms with Crippen LogP contribution in [0, 0.1) is 0 Å². The number of carboxylic acid groups (broad SMARTS) is 1. The smallest absolute Gasteiger partial charge is 0.327 e. The molecule has 1 aliphatic rings. The Kier molecular flexibility index (Phi) is 4.43. The number of phenolic OH excluding ortho intramolecular Hbond substituents is 1. The summed E-state index contributed by atoms with van der Waals surface area (Å²) in [5.41, 5.74) is 2.11. The maximum Gasteiger partial charge on any atom is 0.327 e. The van der Waals surface area contributed by atoms with Crippen LogP contribution in [0.3, 0.4) is 0 Å². The monoisotopic (exact) mass is 339 g/mol. The van der Waals surface area contributed by atoms with Gasteiger partial charge in [0.25, 0.3) is 5.91 Å². The summed E-state index contributed by atoms with van der Waals surface area (Å²) in [4.78, 5) is 25.4. The van der Waals surface area contributed by atoms with Crippen molar-refractivity contribution < 1.29 is 24.5 Å². The molecule has 128 valence electrons. The van der Waals surface area contributed by atoms with Crippen LogP contribution in [0.4, 0.5) is 5.69 Å². The molecular formula is C19H17NO5. The molecule has 2 N–H and O–H groups in total. The number of amides is 1. The SMILES string of the molecule is COc1cc(C=CC(=O)N2c3ccccc3CC2C(=O)O)ccc1O. The van der Waals surface area contributed by atoms with E-state index in [1.54, 1.807) is 30.3 Å². The maximum atomic E-state index is 12.6. The van der Waals surface area contributed by atoms with Crippen molar-refractivity contribution in [3.63, 3.8) is 0 Å². The number of carbonyl (C=O) groups excluding carboxylic acids is 1. The molecule has 0 bridgehead atoms. The van der Waals surface area contributed by atoms with Gasteiger partial charge in [-0.1, -0.05) is 24.3 Å². The highest BCUT2D eigenvalue weighted by Gasteiger charge is 2.37. The molecule has 1 aliphatic heterocycles. The van der Waals surface area contributed by atoms with Crippen molar-refractivity contribution in [1.29, 1.82) is 0 Å². The largest absolute Gasteiger partial charge is 0.504 e. The molecule has 0 radical (unpaired) electrons. The molecule has 2 aromatic carbocycles. The number of methoxy groups -OCH3 is 1. The second-order valence-electron chi connectivity index (χ2n) is 5.66. The van der Waals surface area contributed by atoms with Gasteiger partial charge >= 0.3 is 5.97 Å². The molecule has 1 unspecified atom stereocenters. The van der Waals surface area contributed by atoms with E-state index in [1.165, 1.54) is 24.2 Å². The number of hydrogen-bond donors (Lipinski definition) is 2. The first kappa shape index (κ1) is 16.6. The molecule has 1 atom stereocenters. The van der Waals surface area contributed by atoms with E-state index in [1.807, 2.05) is 12.1 Å². The van der Waals surface area contributed by atoms with E-state index in [2.05, 4.69) is 0 Å². The minimum Gasteiger partial charge on any atom is -0.504 e. The van der Waals surface area contributed by atoms with Crippen LogP contribution < -0.4 is 9.64 Å². The molecule has 0 aromatic heterocycles. The van der Waals surface area contributed by atoms with E-state index in [-0.39, 0.29) is 12.2 Å². The number of phenols is 1. The van der Waals surface area contributed by atoms with Gasteiger partial charge in [0.2, 0.25) is 0 Å². The van der Waals surface area contributed by atoms with E-state index in [0.717, 1.165) is 5.56 Å². The van der Waals surface area contributed by atoms with Crippen molar-refractivity contribution in [2.24, 2.45) is 0 Å². The van der Waals surface area contributed by atoms with Gasteiger partial charge < -0.3 is 14.9 Å². The normalized spacial score (nSPS) is 16.0. The first-order chi connectivity index (χ1) is 12.0. The van der Waals surface area contributed by atoms with Gasteiger partial charge in [0.15, 0.2) is 11.5 Å². The van der Waals surface area contributed by atoms with Crippen LogP contribution in [-0.4, -0.2) is 35.2 Å². The molecule has 0 aliphatic carbocycles. The number of hydrogen-bond acceptors (Lipinski definition) is 4. The minimum atomic E-state index is -1.04. The highest BCUT2D eigenvalue weighted by Crippen LogP contribution is 2.32. The zero-order chi connectivity index (χ0) is 18.0. The number of benzene rings is 2. The maximum absolute atomic E-state index is 12.6. The molecular weight excluding hydrogens is 322 g/mol. The number of carbonyl (C=O) groups is 2. The van der Waals surface area contributed by atoms with Crippen LogP contribution in [0.1, 0.15) is 11.1 Å². The van der Waals surface area contributed by atoms with E-state index in [0.29, 0.717) is 17.0 Å². The van der Waals surface area contributed by atoms with Gasteiger partial charge in [0.05, 0.1) is 7.11 Å². The van der Waals surface area contributed by atoms with Gasteiger partial charge in [-0.05, 0) is 35.4 Å². The van der Waals surface area contributed by atoms with Crippen LogP contribution in [0.25, 0.3) is 6.08 Å². The molecule has 6 nitrogen and oxygen atoms in total. The molecule has 3 rings (SSSR count). The summed E-state index contributed by atoms with van der Waals surface area (Å²) in [6.45, 7) is 0. The van der Waals surface area contributed by atoms with Crippen LogP contribution in [-0.2, 0) is 16.0 Å². The predicted octanol–water partition coefficient (Wildman–Crippen LogP) is 2.46. The number of fused-ring (bicyclic) bond motifs is 1. The number of aliphatic carboxylic acids is 1. The molecule has 2 aromatic rings. The summed E-state index contributed by atoms with van der Waals surface area (Å²) in [7, 11) is 1.44. The van der Waals surface area contributed by atoms with Crippen molar-refractivity contribution in [1.82, 2.24) is 0 Å². The number of rotatable bonds is 4. The van der Waals surface area contributed by atoms with Gasteiger partial charge in [0.1, 0.15) is 6.04 Å². The summed E-state index contributed by atoms with van der Waals surface area (Å²) in [6.07, 6.45) is 3.17. The lowest BCUT2D eigenvalue weighted by atomic mass is 10.1. The average molecular weight is 339 g/mol. The van der Waals surface area contributed by atoms with Gasteiger partial charge in [-0.2, -0.15) is 0 Å². The lowest BCUT2D eigenvalue weighted by Crippen LogP contribution is -2.42. The molecule has 1 heterocycles. The lowest BCUT2D eigenvalue weighted by Gasteiger charge is -2.21. The Bertz CT molecular complexity index is 859. The first-order valence-electron chi connectivity index (χ1n) is 7.70. The summed E-state index contributed by atoms with van der Waals surface area (Å²) >= 11 is 0. The van der Waals surface area contributed by atoms with Crippen molar-refractivity contribution in [2.75, 3.05) is 12.0 Å². The highest BCUT2D eigenvalue weighted by molar-refractivity contribution is 6.09. The van der Waals surface area contributed by atoms with Gasteiger partial charge in [-0.15, -0.1) is 0 Å². The molecule has 25 heavy (non-hydrogen) atoms. The summed E-state index contributed by atoms with van der Waals surface area (Å²) in [5.74, 6) is -1.15. The number of anilines is 1. The van der Waals surface area contributed by atoms with E-state index < -0.39 is 17.9 Å². The molecule has 0 spiro atoms. The Morgan fingerprint density at radius 2 is 2.00 bits per heavy atom. The van der Waals surface area contributed by atoms with Crippen LogP contribution in [0.15, 0.2) is 48.5 Å². The molecule has 6 heteroatoms. The third-order valence-electron chi connectivity index (χ3n) is 4.12. The first-order valence-corrected chi connectivity index (χ1v) is 7.70. The molecule has 1 amide bonds. The van der Waals surface area contributed by atoms with Gasteiger partial charge in [-0.3, -0.25) is 9.69 Å². The van der Waals surface area contributed by atoms with Crippen LogP contribution in [0.5, 0.6) is 11.5 Å². The zero-order valence-corrected chi connectivity index (χ0v) is 13.5. The number of carboxylic acids is 1. The quantitative estimate of drug-likeness (QED) is 0.836. The highest BCUT2D eigenvalue weighted by atomic mass is 16.5. The van der Waals surface area contributed by atoms with Gasteiger partial charge in [0, 0.05) is 18.2 Å². The van der Waals surface area contributed by atoms with Crippen LogP contribution in [0.2, 0.25) is 0 Å².